The summed E-state index contributed by atoms with van der Waals surface area (Å²) in [6, 6.07) is 3.13. The van der Waals surface area contributed by atoms with Crippen molar-refractivity contribution >= 4 is 28.8 Å². The third kappa shape index (κ3) is 2.41. The Hall–Kier alpha value is -1.92. The summed E-state index contributed by atoms with van der Waals surface area (Å²) in [5.41, 5.74) is 7.60. The minimum absolute atomic E-state index is 0.0166. The third-order valence-electron chi connectivity index (χ3n) is 2.98. The molecule has 0 bridgehead atoms. The molecule has 21 heavy (non-hydrogen) atoms. The summed E-state index contributed by atoms with van der Waals surface area (Å²) in [5, 5.41) is 6.26. The summed E-state index contributed by atoms with van der Waals surface area (Å²) in [7, 11) is 0. The first-order chi connectivity index (χ1) is 9.97. The Morgan fingerprint density at radius 3 is 2.48 bits per heavy atom. The number of nitrogens with zero attached hydrogens (tertiary/aromatic N) is 1. The average Bonchev–Trinajstić information content (AvgIpc) is 2.93. The van der Waals surface area contributed by atoms with Gasteiger partial charge in [0.25, 0.3) is 0 Å². The van der Waals surface area contributed by atoms with Crippen molar-refractivity contribution < 1.29 is 13.3 Å². The fourth-order valence-electron chi connectivity index (χ4n) is 2.02. The molecule has 0 aliphatic rings. The van der Waals surface area contributed by atoms with E-state index < -0.39 is 11.6 Å². The van der Waals surface area contributed by atoms with Gasteiger partial charge in [-0.3, -0.25) is 0 Å². The number of hydrogen-bond acceptors (Lipinski definition) is 4. The van der Waals surface area contributed by atoms with Gasteiger partial charge in [0.15, 0.2) is 0 Å². The lowest BCUT2D eigenvalue weighted by atomic mass is 10.0. The van der Waals surface area contributed by atoms with E-state index in [1.807, 2.05) is 12.3 Å². The fraction of sp³-hybridized carbons (Fsp3) is 0.0714. The standard InChI is InChI=1S/C14H9ClF2N2OS/c1-6-5-21-13(11(6)15)12-10(14(18)20-19-12)7-2-8(16)4-9(17)3-7/h2-5H,18H2,1H3. The number of benzene rings is 1. The normalized spacial score (nSPS) is 11.0. The lowest BCUT2D eigenvalue weighted by Gasteiger charge is -2.03. The van der Waals surface area contributed by atoms with Gasteiger partial charge in [0.05, 0.1) is 15.5 Å². The van der Waals surface area contributed by atoms with Crippen LogP contribution in [0.4, 0.5) is 14.7 Å². The molecule has 2 heterocycles. The first-order valence-corrected chi connectivity index (χ1v) is 7.18. The van der Waals surface area contributed by atoms with Crippen molar-refractivity contribution in [2.75, 3.05) is 5.73 Å². The maximum absolute atomic E-state index is 13.4. The predicted molar refractivity (Wildman–Crippen MR) is 79.3 cm³/mol. The number of rotatable bonds is 2. The van der Waals surface area contributed by atoms with Gasteiger partial charge >= 0.3 is 0 Å². The minimum atomic E-state index is -0.704. The van der Waals surface area contributed by atoms with E-state index in [1.165, 1.54) is 23.5 Å². The van der Waals surface area contributed by atoms with Crippen molar-refractivity contribution in [3.05, 3.63) is 45.8 Å². The van der Waals surface area contributed by atoms with E-state index in [9.17, 15) is 8.78 Å². The molecule has 3 nitrogen and oxygen atoms in total. The van der Waals surface area contributed by atoms with E-state index >= 15 is 0 Å². The third-order valence-corrected chi connectivity index (χ3v) is 4.69. The van der Waals surface area contributed by atoms with Crippen LogP contribution in [0.2, 0.25) is 5.02 Å². The second-order valence-corrected chi connectivity index (χ2v) is 5.75. The molecular weight excluding hydrogens is 318 g/mol. The van der Waals surface area contributed by atoms with Crippen molar-refractivity contribution in [1.29, 1.82) is 0 Å². The van der Waals surface area contributed by atoms with E-state index in [0.29, 0.717) is 21.2 Å². The van der Waals surface area contributed by atoms with Gasteiger partial charge in [0.2, 0.25) is 5.88 Å². The SMILES string of the molecule is Cc1csc(-c2noc(N)c2-c2cc(F)cc(F)c2)c1Cl. The van der Waals surface area contributed by atoms with Crippen molar-refractivity contribution in [2.24, 2.45) is 0 Å². The molecule has 108 valence electrons. The molecule has 0 atom stereocenters. The Morgan fingerprint density at radius 1 is 1.24 bits per heavy atom. The molecule has 0 spiro atoms. The first-order valence-electron chi connectivity index (χ1n) is 5.93. The van der Waals surface area contributed by atoms with Crippen LogP contribution in [-0.2, 0) is 0 Å². The zero-order valence-electron chi connectivity index (χ0n) is 10.8. The monoisotopic (exact) mass is 326 g/mol. The Labute approximate surface area is 127 Å². The Balaban J connectivity index is 2.24. The number of halogens is 3. The van der Waals surface area contributed by atoms with Crippen LogP contribution < -0.4 is 5.73 Å². The molecule has 2 N–H and O–H groups in total. The fourth-order valence-corrected chi connectivity index (χ4v) is 3.29. The number of nitrogen functional groups attached to an aromatic ring is 1. The van der Waals surface area contributed by atoms with Crippen LogP contribution in [0.3, 0.4) is 0 Å². The smallest absolute Gasteiger partial charge is 0.230 e. The lowest BCUT2D eigenvalue weighted by molar-refractivity contribution is 0.439. The first kappa shape index (κ1) is 14.0. The summed E-state index contributed by atoms with van der Waals surface area (Å²) in [6.07, 6.45) is 0. The Kier molecular flexibility index (Phi) is 3.43. The number of thiophene rings is 1. The molecule has 0 unspecified atom stereocenters. The zero-order chi connectivity index (χ0) is 15.1. The molecule has 2 aromatic heterocycles. The average molecular weight is 327 g/mol. The molecule has 0 aliphatic heterocycles. The van der Waals surface area contributed by atoms with Crippen molar-refractivity contribution in [3.8, 4) is 21.7 Å². The van der Waals surface area contributed by atoms with Gasteiger partial charge in [-0.05, 0) is 35.6 Å². The quantitative estimate of drug-likeness (QED) is 0.729. The number of anilines is 1. The second-order valence-electron chi connectivity index (χ2n) is 4.49. The lowest BCUT2D eigenvalue weighted by Crippen LogP contribution is -1.90. The molecule has 0 saturated carbocycles. The molecular formula is C14H9ClF2N2OS. The molecule has 3 rings (SSSR count). The van der Waals surface area contributed by atoms with Crippen molar-refractivity contribution in [1.82, 2.24) is 5.16 Å². The largest absolute Gasteiger partial charge is 0.367 e. The van der Waals surface area contributed by atoms with Crippen LogP contribution >= 0.6 is 22.9 Å². The van der Waals surface area contributed by atoms with Gasteiger partial charge in [-0.25, -0.2) is 8.78 Å². The highest BCUT2D eigenvalue weighted by Gasteiger charge is 2.22. The Bertz CT molecular complexity index is 808. The van der Waals surface area contributed by atoms with Crippen molar-refractivity contribution in [2.45, 2.75) is 6.92 Å². The summed E-state index contributed by atoms with van der Waals surface area (Å²) in [4.78, 5) is 0.647. The van der Waals surface area contributed by atoms with Crippen LogP contribution in [0.5, 0.6) is 0 Å². The zero-order valence-corrected chi connectivity index (χ0v) is 12.4. The second kappa shape index (κ2) is 5.13. The maximum Gasteiger partial charge on any atom is 0.230 e. The van der Waals surface area contributed by atoms with Gasteiger partial charge in [0.1, 0.15) is 17.3 Å². The molecule has 3 aromatic rings. The molecule has 7 heteroatoms. The minimum Gasteiger partial charge on any atom is -0.367 e. The molecule has 0 fully saturated rings. The van der Waals surface area contributed by atoms with E-state index in [-0.39, 0.29) is 11.4 Å². The van der Waals surface area contributed by atoms with Crippen LogP contribution in [0, 0.1) is 18.6 Å². The maximum atomic E-state index is 13.4. The Morgan fingerprint density at radius 2 is 1.90 bits per heavy atom. The van der Waals surface area contributed by atoms with Crippen LogP contribution in [0.1, 0.15) is 5.56 Å². The number of aryl methyl sites for hydroxylation is 1. The van der Waals surface area contributed by atoms with E-state index in [1.54, 1.807) is 0 Å². The van der Waals surface area contributed by atoms with E-state index in [0.717, 1.165) is 11.6 Å². The summed E-state index contributed by atoms with van der Waals surface area (Å²) in [5.74, 6) is -1.42. The number of aromatic nitrogens is 1. The summed E-state index contributed by atoms with van der Waals surface area (Å²) >= 11 is 7.58. The predicted octanol–water partition coefficient (Wildman–Crippen LogP) is 4.89. The highest BCUT2D eigenvalue weighted by molar-refractivity contribution is 7.14. The summed E-state index contributed by atoms with van der Waals surface area (Å²) < 4.78 is 31.8. The van der Waals surface area contributed by atoms with Gasteiger partial charge in [-0.15, -0.1) is 11.3 Å². The highest BCUT2D eigenvalue weighted by atomic mass is 35.5. The van der Waals surface area contributed by atoms with Crippen LogP contribution in [0.15, 0.2) is 28.1 Å². The topological polar surface area (TPSA) is 52.0 Å². The van der Waals surface area contributed by atoms with Gasteiger partial charge in [-0.2, -0.15) is 0 Å². The van der Waals surface area contributed by atoms with E-state index in [2.05, 4.69) is 5.16 Å². The molecule has 0 radical (unpaired) electrons. The van der Waals surface area contributed by atoms with Crippen LogP contribution in [-0.4, -0.2) is 5.16 Å². The van der Waals surface area contributed by atoms with Gasteiger partial charge in [-0.1, -0.05) is 16.8 Å². The van der Waals surface area contributed by atoms with Gasteiger partial charge < -0.3 is 10.3 Å². The van der Waals surface area contributed by atoms with E-state index in [4.69, 9.17) is 21.9 Å². The molecule has 0 saturated heterocycles. The van der Waals surface area contributed by atoms with Crippen LogP contribution in [0.25, 0.3) is 21.7 Å². The van der Waals surface area contributed by atoms with Gasteiger partial charge in [0, 0.05) is 6.07 Å². The summed E-state index contributed by atoms with van der Waals surface area (Å²) in [6.45, 7) is 1.85. The molecule has 0 amide bonds. The van der Waals surface area contributed by atoms with Crippen molar-refractivity contribution in [3.63, 3.8) is 0 Å². The molecule has 1 aromatic carbocycles. The molecule has 0 aliphatic carbocycles. The number of nitrogens with two attached hydrogens (primary N) is 1. The number of hydrogen-bond donors (Lipinski definition) is 1. The highest BCUT2D eigenvalue weighted by Crippen LogP contribution is 2.43.